The molecule has 3 nitrogen and oxygen atoms in total. The highest BCUT2D eigenvalue weighted by atomic mass is 16.5. The Balaban J connectivity index is 0.000000845. The normalized spacial score (nSPS) is 17.6. The van der Waals surface area contributed by atoms with Crippen LogP contribution in [-0.4, -0.2) is 11.6 Å². The average Bonchev–Trinajstić information content (AvgIpc) is 2.17. The standard InChI is InChI=1S/C10H7NO.H2O/c11-7-9-6-5-8-3-1-2-4-10(8)12-9;/h1-6,9H;1H2. The van der Waals surface area contributed by atoms with Gasteiger partial charge in [-0.15, -0.1) is 0 Å². The maximum atomic E-state index is 8.59. The van der Waals surface area contributed by atoms with Crippen LogP contribution in [0.1, 0.15) is 5.56 Å². The number of hydrogen-bond acceptors (Lipinski definition) is 2. The molecule has 1 atom stereocenters. The van der Waals surface area contributed by atoms with E-state index in [-0.39, 0.29) is 5.48 Å². The summed E-state index contributed by atoms with van der Waals surface area (Å²) < 4.78 is 5.33. The van der Waals surface area contributed by atoms with Crippen molar-refractivity contribution in [3.05, 3.63) is 35.9 Å². The number of nitrogens with zero attached hydrogens (tertiary/aromatic N) is 1. The van der Waals surface area contributed by atoms with Gasteiger partial charge in [-0.3, -0.25) is 0 Å². The van der Waals surface area contributed by atoms with E-state index in [1.54, 1.807) is 6.08 Å². The van der Waals surface area contributed by atoms with Gasteiger partial charge in [0, 0.05) is 5.56 Å². The number of rotatable bonds is 0. The lowest BCUT2D eigenvalue weighted by Gasteiger charge is -2.15. The Kier molecular flexibility index (Phi) is 2.68. The number of hydrogen-bond donors (Lipinski definition) is 0. The van der Waals surface area contributed by atoms with Crippen molar-refractivity contribution in [1.29, 1.82) is 5.26 Å². The van der Waals surface area contributed by atoms with E-state index in [1.165, 1.54) is 0 Å². The van der Waals surface area contributed by atoms with Crippen LogP contribution in [0.15, 0.2) is 30.3 Å². The van der Waals surface area contributed by atoms with Crippen LogP contribution in [0.4, 0.5) is 0 Å². The molecule has 2 rings (SSSR count). The van der Waals surface area contributed by atoms with E-state index in [9.17, 15) is 0 Å². The Morgan fingerprint density at radius 1 is 1.31 bits per heavy atom. The lowest BCUT2D eigenvalue weighted by molar-refractivity contribution is 0.298. The molecule has 0 spiro atoms. The highest BCUT2D eigenvalue weighted by molar-refractivity contribution is 5.60. The van der Waals surface area contributed by atoms with Crippen molar-refractivity contribution in [2.75, 3.05) is 0 Å². The van der Waals surface area contributed by atoms with Crippen LogP contribution < -0.4 is 4.74 Å². The summed E-state index contributed by atoms with van der Waals surface area (Å²) in [4.78, 5) is 0. The van der Waals surface area contributed by atoms with Crippen molar-refractivity contribution in [2.45, 2.75) is 6.10 Å². The molecule has 1 aromatic carbocycles. The van der Waals surface area contributed by atoms with Gasteiger partial charge >= 0.3 is 0 Å². The van der Waals surface area contributed by atoms with Gasteiger partial charge in [-0.2, -0.15) is 5.26 Å². The number of ether oxygens (including phenoxy) is 1. The van der Waals surface area contributed by atoms with Crippen LogP contribution in [0.25, 0.3) is 6.08 Å². The molecule has 2 N–H and O–H groups in total. The monoisotopic (exact) mass is 175 g/mol. The summed E-state index contributed by atoms with van der Waals surface area (Å²) >= 11 is 0. The highest BCUT2D eigenvalue weighted by Crippen LogP contribution is 2.24. The van der Waals surface area contributed by atoms with Crippen molar-refractivity contribution in [3.8, 4) is 11.8 Å². The Bertz CT molecular complexity index is 365. The topological polar surface area (TPSA) is 64.5 Å². The molecule has 1 unspecified atom stereocenters. The lowest BCUT2D eigenvalue weighted by Crippen LogP contribution is -2.13. The van der Waals surface area contributed by atoms with Crippen molar-refractivity contribution in [1.82, 2.24) is 0 Å². The van der Waals surface area contributed by atoms with Crippen LogP contribution in [-0.2, 0) is 0 Å². The molecule has 0 aromatic heterocycles. The summed E-state index contributed by atoms with van der Waals surface area (Å²) in [7, 11) is 0. The first-order valence-corrected chi connectivity index (χ1v) is 3.73. The molecule has 0 aliphatic carbocycles. The lowest BCUT2D eigenvalue weighted by atomic mass is 10.1. The predicted molar refractivity (Wildman–Crippen MR) is 49.1 cm³/mol. The largest absolute Gasteiger partial charge is 0.471 e. The van der Waals surface area contributed by atoms with Crippen molar-refractivity contribution in [3.63, 3.8) is 0 Å². The fraction of sp³-hybridized carbons (Fsp3) is 0.100. The fourth-order valence-corrected chi connectivity index (χ4v) is 1.16. The fourth-order valence-electron chi connectivity index (χ4n) is 1.16. The first-order chi connectivity index (χ1) is 5.90. The summed E-state index contributed by atoms with van der Waals surface area (Å²) in [5, 5.41) is 8.59. The van der Waals surface area contributed by atoms with Gasteiger partial charge in [-0.1, -0.05) is 24.3 Å². The zero-order valence-corrected chi connectivity index (χ0v) is 6.90. The van der Waals surface area contributed by atoms with E-state index >= 15 is 0 Å². The van der Waals surface area contributed by atoms with Crippen molar-refractivity contribution >= 4 is 6.08 Å². The summed E-state index contributed by atoms with van der Waals surface area (Å²) in [5.41, 5.74) is 1.03. The molecule has 1 aliphatic rings. The second-order valence-corrected chi connectivity index (χ2v) is 2.56. The Hall–Kier alpha value is -1.79. The Labute approximate surface area is 76.2 Å². The smallest absolute Gasteiger partial charge is 0.203 e. The maximum absolute atomic E-state index is 8.59. The molecule has 1 aliphatic heterocycles. The van der Waals surface area contributed by atoms with E-state index in [1.807, 2.05) is 36.4 Å². The van der Waals surface area contributed by atoms with Gasteiger partial charge in [0.05, 0.1) is 0 Å². The van der Waals surface area contributed by atoms with E-state index in [0.29, 0.717) is 0 Å². The maximum Gasteiger partial charge on any atom is 0.203 e. The third-order valence-electron chi connectivity index (χ3n) is 1.75. The molecule has 0 saturated heterocycles. The Morgan fingerprint density at radius 2 is 2.08 bits per heavy atom. The van der Waals surface area contributed by atoms with Gasteiger partial charge in [0.25, 0.3) is 0 Å². The minimum absolute atomic E-state index is 0. The van der Waals surface area contributed by atoms with Crippen LogP contribution in [0.5, 0.6) is 5.75 Å². The molecule has 0 bridgehead atoms. The predicted octanol–water partition coefficient (Wildman–Crippen LogP) is 1.16. The minimum Gasteiger partial charge on any atom is -0.471 e. The van der Waals surface area contributed by atoms with E-state index < -0.39 is 6.10 Å². The zero-order chi connectivity index (χ0) is 8.39. The third kappa shape index (κ3) is 1.68. The quantitative estimate of drug-likeness (QED) is 0.593. The molecule has 3 heteroatoms. The van der Waals surface area contributed by atoms with E-state index in [2.05, 4.69) is 0 Å². The van der Waals surface area contributed by atoms with Crippen molar-refractivity contribution in [2.24, 2.45) is 0 Å². The molecule has 66 valence electrons. The number of benzene rings is 1. The molecular formula is C10H9NO2. The van der Waals surface area contributed by atoms with Gasteiger partial charge in [0.2, 0.25) is 6.10 Å². The molecule has 1 aromatic rings. The van der Waals surface area contributed by atoms with E-state index in [4.69, 9.17) is 10.00 Å². The highest BCUT2D eigenvalue weighted by Gasteiger charge is 2.11. The molecule has 0 amide bonds. The molecule has 1 heterocycles. The molecule has 13 heavy (non-hydrogen) atoms. The molecule has 0 fully saturated rings. The van der Waals surface area contributed by atoms with Crippen LogP contribution in [0.2, 0.25) is 0 Å². The first-order valence-electron chi connectivity index (χ1n) is 3.73. The second-order valence-electron chi connectivity index (χ2n) is 2.56. The second kappa shape index (κ2) is 3.74. The molecule has 0 radical (unpaired) electrons. The third-order valence-corrected chi connectivity index (χ3v) is 1.75. The summed E-state index contributed by atoms with van der Waals surface area (Å²) in [6, 6.07) is 9.70. The Morgan fingerprint density at radius 3 is 2.85 bits per heavy atom. The van der Waals surface area contributed by atoms with E-state index in [0.717, 1.165) is 11.3 Å². The van der Waals surface area contributed by atoms with Crippen LogP contribution >= 0.6 is 0 Å². The minimum atomic E-state index is -0.431. The van der Waals surface area contributed by atoms with Gasteiger partial charge < -0.3 is 10.2 Å². The summed E-state index contributed by atoms with van der Waals surface area (Å²) in [5.74, 6) is 0.784. The van der Waals surface area contributed by atoms with Gasteiger partial charge in [-0.25, -0.2) is 0 Å². The molecular weight excluding hydrogens is 166 g/mol. The van der Waals surface area contributed by atoms with Crippen molar-refractivity contribution < 1.29 is 10.2 Å². The molecule has 0 saturated carbocycles. The van der Waals surface area contributed by atoms with Crippen LogP contribution in [0.3, 0.4) is 0 Å². The van der Waals surface area contributed by atoms with Gasteiger partial charge in [-0.05, 0) is 12.1 Å². The van der Waals surface area contributed by atoms with Crippen LogP contribution in [0, 0.1) is 11.3 Å². The number of fused-ring (bicyclic) bond motifs is 1. The zero-order valence-electron chi connectivity index (χ0n) is 6.90. The average molecular weight is 175 g/mol. The van der Waals surface area contributed by atoms with Gasteiger partial charge in [0.15, 0.2) is 0 Å². The SMILES string of the molecule is N#CC1C=Cc2ccccc2O1.O. The first kappa shape index (κ1) is 9.30. The summed E-state index contributed by atoms with van der Waals surface area (Å²) in [6.07, 6.45) is 3.23. The number of para-hydroxylation sites is 1. The van der Waals surface area contributed by atoms with Gasteiger partial charge in [0.1, 0.15) is 11.8 Å². The summed E-state index contributed by atoms with van der Waals surface area (Å²) in [6.45, 7) is 0. The number of nitriles is 1.